The number of anilines is 1. The topological polar surface area (TPSA) is 74.2 Å². The van der Waals surface area contributed by atoms with E-state index in [1.54, 1.807) is 6.92 Å². The number of hydrogen-bond acceptors (Lipinski definition) is 5. The number of halogens is 3. The maximum Gasteiger partial charge on any atom is 0.244 e. The van der Waals surface area contributed by atoms with Crippen molar-refractivity contribution >= 4 is 17.5 Å². The maximum atomic E-state index is 14.4. The number of nitrogens with one attached hydrogen (secondary N) is 1. The maximum absolute atomic E-state index is 14.4. The number of aliphatic hydroxyl groups is 1. The van der Waals surface area contributed by atoms with Crippen LogP contribution in [0.5, 0.6) is 0 Å². The van der Waals surface area contributed by atoms with Gasteiger partial charge in [-0.3, -0.25) is 4.79 Å². The molecule has 2 N–H and O–H groups in total. The van der Waals surface area contributed by atoms with Crippen LogP contribution in [0.2, 0.25) is 0 Å². The van der Waals surface area contributed by atoms with Gasteiger partial charge in [0.25, 0.3) is 0 Å². The number of hydrogen-bond donors (Lipinski definition) is 2. The van der Waals surface area contributed by atoms with Gasteiger partial charge in [0.1, 0.15) is 17.5 Å². The van der Waals surface area contributed by atoms with Gasteiger partial charge in [-0.1, -0.05) is 0 Å². The number of carbonyl (C=O) groups is 1. The van der Waals surface area contributed by atoms with Gasteiger partial charge in [0, 0.05) is 37.2 Å². The van der Waals surface area contributed by atoms with Crippen LogP contribution in [0.4, 0.5) is 18.9 Å². The highest BCUT2D eigenvalue weighted by molar-refractivity contribution is 5.97. The molecule has 6 nitrogen and oxygen atoms in total. The third kappa shape index (κ3) is 3.00. The Kier molecular flexibility index (Phi) is 4.93. The van der Waals surface area contributed by atoms with Gasteiger partial charge in [-0.2, -0.15) is 5.01 Å². The summed E-state index contributed by atoms with van der Waals surface area (Å²) >= 11 is 0. The second-order valence-electron chi connectivity index (χ2n) is 7.39. The fourth-order valence-electron chi connectivity index (χ4n) is 4.17. The summed E-state index contributed by atoms with van der Waals surface area (Å²) in [4.78, 5) is 12.6. The van der Waals surface area contributed by atoms with E-state index in [4.69, 9.17) is 4.74 Å². The second kappa shape index (κ2) is 7.32. The summed E-state index contributed by atoms with van der Waals surface area (Å²) in [5.41, 5.74) is -0.419. The smallest absolute Gasteiger partial charge is 0.244 e. The fourth-order valence-corrected chi connectivity index (χ4v) is 4.17. The number of benzene rings is 2. The summed E-state index contributed by atoms with van der Waals surface area (Å²) < 4.78 is 48.7. The van der Waals surface area contributed by atoms with Crippen molar-refractivity contribution in [2.75, 3.05) is 18.5 Å². The zero-order valence-electron chi connectivity index (χ0n) is 16.4. The van der Waals surface area contributed by atoms with Gasteiger partial charge in [-0.15, -0.1) is 5.10 Å². The van der Waals surface area contributed by atoms with Crippen molar-refractivity contribution in [1.29, 1.82) is 0 Å². The van der Waals surface area contributed by atoms with Gasteiger partial charge in [0.05, 0.1) is 5.56 Å². The van der Waals surface area contributed by atoms with Crippen LogP contribution in [-0.4, -0.2) is 35.1 Å². The normalized spacial score (nSPS) is 22.4. The molecule has 30 heavy (non-hydrogen) atoms. The Morgan fingerprint density at radius 2 is 2.07 bits per heavy atom. The molecule has 2 aromatic rings. The quantitative estimate of drug-likeness (QED) is 0.801. The van der Waals surface area contributed by atoms with E-state index < -0.39 is 35.0 Å². The summed E-state index contributed by atoms with van der Waals surface area (Å²) in [6.45, 7) is 3.02. The summed E-state index contributed by atoms with van der Waals surface area (Å²) in [6.07, 6.45) is 0.195. The van der Waals surface area contributed by atoms with Crippen molar-refractivity contribution in [3.8, 4) is 0 Å². The Labute approximate surface area is 171 Å². The van der Waals surface area contributed by atoms with E-state index in [1.807, 2.05) is 0 Å². The highest BCUT2D eigenvalue weighted by atomic mass is 19.1. The zero-order chi connectivity index (χ0) is 21.6. The highest BCUT2D eigenvalue weighted by Gasteiger charge is 2.57. The number of rotatable bonds is 3. The van der Waals surface area contributed by atoms with Crippen LogP contribution in [0.25, 0.3) is 0 Å². The lowest BCUT2D eigenvalue weighted by Crippen LogP contribution is -2.54. The lowest BCUT2D eigenvalue weighted by Gasteiger charge is -2.45. The van der Waals surface area contributed by atoms with Crippen molar-refractivity contribution in [2.45, 2.75) is 26.0 Å². The summed E-state index contributed by atoms with van der Waals surface area (Å²) in [6, 6.07) is 5.39. The SMILES string of the molecule is CC(=O)N1N=C(c2cc(F)ccc2F)OC12c1cc(F)cc(C)c1NCC2CCO. The second-order valence-corrected chi connectivity index (χ2v) is 7.39. The van der Waals surface area contributed by atoms with Crippen molar-refractivity contribution in [1.82, 2.24) is 5.01 Å². The van der Waals surface area contributed by atoms with Crippen LogP contribution in [0.3, 0.4) is 0 Å². The van der Waals surface area contributed by atoms with Crippen molar-refractivity contribution < 1.29 is 27.8 Å². The number of carbonyl (C=O) groups excluding carboxylic acids is 1. The molecule has 0 aliphatic carbocycles. The van der Waals surface area contributed by atoms with E-state index in [1.165, 1.54) is 19.1 Å². The van der Waals surface area contributed by atoms with Crippen molar-refractivity contribution in [3.05, 3.63) is 64.5 Å². The van der Waals surface area contributed by atoms with Crippen LogP contribution in [0.1, 0.15) is 30.0 Å². The predicted molar refractivity (Wildman–Crippen MR) is 103 cm³/mol. The Bertz CT molecular complexity index is 1060. The van der Waals surface area contributed by atoms with Crippen LogP contribution in [-0.2, 0) is 15.3 Å². The molecule has 2 heterocycles. The first kappa shape index (κ1) is 20.2. The number of hydrazone groups is 1. The number of ether oxygens (including phenoxy) is 1. The fraction of sp³-hybridized carbons (Fsp3) is 0.333. The van der Waals surface area contributed by atoms with E-state index in [2.05, 4.69) is 10.4 Å². The lowest BCUT2D eigenvalue weighted by atomic mass is 9.80. The van der Waals surface area contributed by atoms with Gasteiger partial charge >= 0.3 is 0 Å². The minimum atomic E-state index is -1.61. The lowest BCUT2D eigenvalue weighted by molar-refractivity contribution is -0.161. The molecule has 4 rings (SSSR count). The van der Waals surface area contributed by atoms with Gasteiger partial charge in [-0.25, -0.2) is 13.2 Å². The van der Waals surface area contributed by atoms with Gasteiger partial charge in [-0.05, 0) is 49.2 Å². The third-order valence-corrected chi connectivity index (χ3v) is 5.46. The average Bonchev–Trinajstić information content (AvgIpc) is 3.08. The Balaban J connectivity index is 1.94. The van der Waals surface area contributed by atoms with Crippen molar-refractivity contribution in [2.24, 2.45) is 11.0 Å². The molecule has 0 aromatic heterocycles. The van der Waals surface area contributed by atoms with Gasteiger partial charge in [0.15, 0.2) is 0 Å². The van der Waals surface area contributed by atoms with E-state index in [0.29, 0.717) is 16.8 Å². The molecule has 0 radical (unpaired) electrons. The molecule has 2 atom stereocenters. The highest BCUT2D eigenvalue weighted by Crippen LogP contribution is 2.50. The third-order valence-electron chi connectivity index (χ3n) is 5.46. The molecular formula is C21H20F3N3O3. The molecule has 158 valence electrons. The molecule has 0 fully saturated rings. The van der Waals surface area contributed by atoms with Crippen LogP contribution in [0, 0.1) is 30.3 Å². The molecule has 0 saturated carbocycles. The number of aliphatic hydroxyl groups excluding tert-OH is 1. The minimum Gasteiger partial charge on any atom is -0.442 e. The van der Waals surface area contributed by atoms with Gasteiger partial charge < -0.3 is 15.2 Å². The van der Waals surface area contributed by atoms with Gasteiger partial charge in [0.2, 0.25) is 17.5 Å². The Hall–Kier alpha value is -3.07. The molecule has 1 amide bonds. The predicted octanol–water partition coefficient (Wildman–Crippen LogP) is 3.23. The standard InChI is InChI=1S/C21H20F3N3O3/c1-11-7-15(23)9-17-19(11)25-10-13(5-6-28)21(17)27(12(2)29)26-20(30-21)16-8-14(22)3-4-18(16)24/h3-4,7-9,13,25,28H,5-6,10H2,1-2H3. The molecule has 2 aliphatic rings. The van der Waals surface area contributed by atoms with Crippen LogP contribution < -0.4 is 5.32 Å². The summed E-state index contributed by atoms with van der Waals surface area (Å²) in [5.74, 6) is -3.39. The number of amides is 1. The molecular weight excluding hydrogens is 399 g/mol. The van der Waals surface area contributed by atoms with Crippen LogP contribution >= 0.6 is 0 Å². The summed E-state index contributed by atoms with van der Waals surface area (Å²) in [7, 11) is 0. The number of nitrogens with zero attached hydrogens (tertiary/aromatic N) is 2. The molecule has 1 spiro atoms. The van der Waals surface area contributed by atoms with E-state index in [9.17, 15) is 23.1 Å². The van der Waals surface area contributed by atoms with E-state index in [0.717, 1.165) is 23.2 Å². The monoisotopic (exact) mass is 419 g/mol. The molecule has 2 aromatic carbocycles. The number of aryl methyl sites for hydroxylation is 1. The first-order chi connectivity index (χ1) is 14.3. The molecule has 0 saturated heterocycles. The van der Waals surface area contributed by atoms with Crippen LogP contribution in [0.15, 0.2) is 35.4 Å². The Morgan fingerprint density at radius 1 is 1.30 bits per heavy atom. The molecule has 2 unspecified atom stereocenters. The minimum absolute atomic E-state index is 0.195. The molecule has 2 aliphatic heterocycles. The summed E-state index contributed by atoms with van der Waals surface area (Å²) in [5, 5.41) is 18.0. The Morgan fingerprint density at radius 3 is 2.77 bits per heavy atom. The molecule has 9 heteroatoms. The zero-order valence-corrected chi connectivity index (χ0v) is 16.4. The molecule has 0 bridgehead atoms. The average molecular weight is 419 g/mol. The first-order valence-corrected chi connectivity index (χ1v) is 9.47. The van der Waals surface area contributed by atoms with E-state index >= 15 is 0 Å². The first-order valence-electron chi connectivity index (χ1n) is 9.47. The number of fused-ring (bicyclic) bond motifs is 2. The largest absolute Gasteiger partial charge is 0.442 e. The van der Waals surface area contributed by atoms with Crippen molar-refractivity contribution in [3.63, 3.8) is 0 Å². The van der Waals surface area contributed by atoms with E-state index in [-0.39, 0.29) is 31.0 Å².